The fourth-order valence-electron chi connectivity index (χ4n) is 1.81. The molecule has 2 nitrogen and oxygen atoms in total. The Kier molecular flexibility index (Phi) is 3.95. The summed E-state index contributed by atoms with van der Waals surface area (Å²) in [5.41, 5.74) is 2.59. The molecule has 3 heteroatoms. The van der Waals surface area contributed by atoms with Crippen LogP contribution in [0.4, 0.5) is 4.39 Å². The number of hydrogen-bond donors (Lipinski definition) is 1. The van der Waals surface area contributed by atoms with Crippen LogP contribution in [0.15, 0.2) is 42.5 Å². The molecule has 2 rings (SSSR count). The maximum absolute atomic E-state index is 12.9. The van der Waals surface area contributed by atoms with Gasteiger partial charge in [0.05, 0.1) is 13.2 Å². The van der Waals surface area contributed by atoms with E-state index >= 15 is 0 Å². The molecule has 0 bridgehead atoms. The molecule has 0 saturated carbocycles. The molecule has 0 unspecified atom stereocenters. The number of hydrogen-bond acceptors (Lipinski definition) is 2. The zero-order chi connectivity index (χ0) is 13.0. The maximum Gasteiger partial charge on any atom is 0.127 e. The number of aliphatic hydroxyl groups is 1. The minimum Gasteiger partial charge on any atom is -0.493 e. The molecule has 0 spiro atoms. The Hall–Kier alpha value is -1.87. The van der Waals surface area contributed by atoms with Crippen LogP contribution in [-0.2, 0) is 6.61 Å². The van der Waals surface area contributed by atoms with Gasteiger partial charge in [-0.1, -0.05) is 24.3 Å². The second-order valence-electron chi connectivity index (χ2n) is 3.93. The average molecular weight is 246 g/mol. The fraction of sp³-hybridized carbons (Fsp3) is 0.200. The molecule has 0 aliphatic rings. The standard InChI is InChI=1S/C15H15FO2/c1-2-18-15-9-11(10-17)3-8-14(15)12-4-6-13(16)7-5-12/h3-9,17H,2,10H2,1H3. The SMILES string of the molecule is CCOc1cc(CO)ccc1-c1ccc(F)cc1. The first-order valence-electron chi connectivity index (χ1n) is 5.87. The number of ether oxygens (including phenoxy) is 1. The van der Waals surface area contributed by atoms with E-state index < -0.39 is 0 Å². The van der Waals surface area contributed by atoms with Crippen molar-refractivity contribution in [3.63, 3.8) is 0 Å². The summed E-state index contributed by atoms with van der Waals surface area (Å²) in [6.45, 7) is 2.42. The van der Waals surface area contributed by atoms with E-state index in [4.69, 9.17) is 9.84 Å². The van der Waals surface area contributed by atoms with Crippen LogP contribution in [0, 0.1) is 5.82 Å². The average Bonchev–Trinajstić information content (AvgIpc) is 2.40. The van der Waals surface area contributed by atoms with Crippen molar-refractivity contribution in [2.45, 2.75) is 13.5 Å². The normalized spacial score (nSPS) is 10.4. The second kappa shape index (κ2) is 5.65. The summed E-state index contributed by atoms with van der Waals surface area (Å²) in [6, 6.07) is 11.8. The summed E-state index contributed by atoms with van der Waals surface area (Å²) < 4.78 is 18.5. The van der Waals surface area contributed by atoms with Crippen molar-refractivity contribution in [1.29, 1.82) is 0 Å². The molecular weight excluding hydrogens is 231 g/mol. The largest absolute Gasteiger partial charge is 0.493 e. The van der Waals surface area contributed by atoms with Crippen LogP contribution >= 0.6 is 0 Å². The topological polar surface area (TPSA) is 29.5 Å². The first kappa shape index (κ1) is 12.6. The van der Waals surface area contributed by atoms with E-state index in [-0.39, 0.29) is 12.4 Å². The van der Waals surface area contributed by atoms with Crippen molar-refractivity contribution in [3.05, 3.63) is 53.8 Å². The van der Waals surface area contributed by atoms with Crippen LogP contribution in [0.2, 0.25) is 0 Å². The van der Waals surface area contributed by atoms with Crippen molar-refractivity contribution in [2.75, 3.05) is 6.61 Å². The predicted molar refractivity (Wildman–Crippen MR) is 68.9 cm³/mol. The van der Waals surface area contributed by atoms with Crippen LogP contribution in [-0.4, -0.2) is 11.7 Å². The van der Waals surface area contributed by atoms with Crippen LogP contribution < -0.4 is 4.74 Å². The molecule has 0 fully saturated rings. The Labute approximate surface area is 106 Å². The summed E-state index contributed by atoms with van der Waals surface area (Å²) >= 11 is 0. The highest BCUT2D eigenvalue weighted by molar-refractivity contribution is 5.70. The van der Waals surface area contributed by atoms with Crippen molar-refractivity contribution >= 4 is 0 Å². The minimum absolute atomic E-state index is 0.0240. The summed E-state index contributed by atoms with van der Waals surface area (Å²) in [4.78, 5) is 0. The number of rotatable bonds is 4. The molecule has 0 saturated heterocycles. The summed E-state index contributed by atoms with van der Waals surface area (Å²) in [7, 11) is 0. The Balaban J connectivity index is 2.45. The number of benzene rings is 2. The molecular formula is C15H15FO2. The molecule has 1 N–H and O–H groups in total. The minimum atomic E-state index is -0.260. The first-order chi connectivity index (χ1) is 8.74. The highest BCUT2D eigenvalue weighted by Crippen LogP contribution is 2.31. The Morgan fingerprint density at radius 3 is 2.44 bits per heavy atom. The van der Waals surface area contributed by atoms with E-state index in [2.05, 4.69) is 0 Å². The quantitative estimate of drug-likeness (QED) is 0.896. The van der Waals surface area contributed by atoms with Gasteiger partial charge >= 0.3 is 0 Å². The molecule has 0 amide bonds. The highest BCUT2D eigenvalue weighted by atomic mass is 19.1. The fourth-order valence-corrected chi connectivity index (χ4v) is 1.81. The van der Waals surface area contributed by atoms with Crippen LogP contribution in [0.25, 0.3) is 11.1 Å². The van der Waals surface area contributed by atoms with Gasteiger partial charge in [0.1, 0.15) is 11.6 Å². The molecule has 0 aromatic heterocycles. The summed E-state index contributed by atoms with van der Waals surface area (Å²) in [5, 5.41) is 9.12. The molecule has 0 heterocycles. The van der Waals surface area contributed by atoms with Crippen LogP contribution in [0.1, 0.15) is 12.5 Å². The first-order valence-corrected chi connectivity index (χ1v) is 5.87. The van der Waals surface area contributed by atoms with Gasteiger partial charge in [-0.3, -0.25) is 0 Å². The molecule has 0 aliphatic carbocycles. The molecule has 2 aromatic rings. The van der Waals surface area contributed by atoms with E-state index in [1.165, 1.54) is 12.1 Å². The smallest absolute Gasteiger partial charge is 0.127 e. The van der Waals surface area contributed by atoms with E-state index in [1.54, 1.807) is 12.1 Å². The van der Waals surface area contributed by atoms with Crippen molar-refractivity contribution < 1.29 is 14.2 Å². The lowest BCUT2D eigenvalue weighted by Gasteiger charge is -2.11. The third-order valence-corrected chi connectivity index (χ3v) is 2.68. The van der Waals surface area contributed by atoms with Gasteiger partial charge in [-0.05, 0) is 36.2 Å². The van der Waals surface area contributed by atoms with Gasteiger partial charge in [0.2, 0.25) is 0 Å². The van der Waals surface area contributed by atoms with Crippen molar-refractivity contribution in [1.82, 2.24) is 0 Å². The second-order valence-corrected chi connectivity index (χ2v) is 3.93. The third kappa shape index (κ3) is 2.68. The van der Waals surface area contributed by atoms with Crippen LogP contribution in [0.5, 0.6) is 5.75 Å². The Morgan fingerprint density at radius 2 is 1.83 bits per heavy atom. The molecule has 0 atom stereocenters. The van der Waals surface area contributed by atoms with E-state index in [1.807, 2.05) is 25.1 Å². The Bertz CT molecular complexity index is 521. The monoisotopic (exact) mass is 246 g/mol. The van der Waals surface area contributed by atoms with Gasteiger partial charge < -0.3 is 9.84 Å². The van der Waals surface area contributed by atoms with Gasteiger partial charge in [-0.25, -0.2) is 4.39 Å². The van der Waals surface area contributed by atoms with E-state index in [0.717, 1.165) is 16.7 Å². The lowest BCUT2D eigenvalue weighted by Crippen LogP contribution is -1.96. The number of aliphatic hydroxyl groups excluding tert-OH is 1. The lowest BCUT2D eigenvalue weighted by atomic mass is 10.0. The van der Waals surface area contributed by atoms with E-state index in [9.17, 15) is 4.39 Å². The number of halogens is 1. The maximum atomic E-state index is 12.9. The van der Waals surface area contributed by atoms with Crippen LogP contribution in [0.3, 0.4) is 0 Å². The van der Waals surface area contributed by atoms with Crippen molar-refractivity contribution in [3.8, 4) is 16.9 Å². The Morgan fingerprint density at radius 1 is 1.11 bits per heavy atom. The molecule has 2 aromatic carbocycles. The molecule has 94 valence electrons. The van der Waals surface area contributed by atoms with Gasteiger partial charge in [0.25, 0.3) is 0 Å². The zero-order valence-electron chi connectivity index (χ0n) is 10.2. The summed E-state index contributed by atoms with van der Waals surface area (Å²) in [5.74, 6) is 0.444. The molecule has 18 heavy (non-hydrogen) atoms. The van der Waals surface area contributed by atoms with Gasteiger partial charge in [-0.15, -0.1) is 0 Å². The van der Waals surface area contributed by atoms with Gasteiger partial charge in [-0.2, -0.15) is 0 Å². The van der Waals surface area contributed by atoms with E-state index in [0.29, 0.717) is 12.4 Å². The molecule has 0 radical (unpaired) electrons. The molecule has 0 aliphatic heterocycles. The van der Waals surface area contributed by atoms with Crippen molar-refractivity contribution in [2.24, 2.45) is 0 Å². The predicted octanol–water partition coefficient (Wildman–Crippen LogP) is 3.38. The highest BCUT2D eigenvalue weighted by Gasteiger charge is 2.07. The zero-order valence-corrected chi connectivity index (χ0v) is 10.2. The van der Waals surface area contributed by atoms with Gasteiger partial charge in [0.15, 0.2) is 0 Å². The van der Waals surface area contributed by atoms with Gasteiger partial charge in [0, 0.05) is 5.56 Å². The lowest BCUT2D eigenvalue weighted by molar-refractivity contribution is 0.280. The summed E-state index contributed by atoms with van der Waals surface area (Å²) in [6.07, 6.45) is 0. The third-order valence-electron chi connectivity index (χ3n) is 2.68.